The Morgan fingerprint density at radius 3 is 2.50 bits per heavy atom. The molecule has 1 fully saturated rings. The fourth-order valence-corrected chi connectivity index (χ4v) is 6.18. The van der Waals surface area contributed by atoms with Gasteiger partial charge in [-0.25, -0.2) is 18.7 Å². The Hall–Kier alpha value is -3.56. The number of nitrogens with two attached hydrogens (primary N) is 1. The molecule has 2 heterocycles. The summed E-state index contributed by atoms with van der Waals surface area (Å²) in [7, 11) is 0. The highest BCUT2D eigenvalue weighted by Crippen LogP contribution is 2.51. The minimum Gasteiger partial charge on any atom is -0.481 e. The van der Waals surface area contributed by atoms with Crippen LogP contribution in [0.2, 0.25) is 5.15 Å². The third-order valence-electron chi connectivity index (χ3n) is 8.54. The SMILES string of the molecule is CC(C)[C@@]1(C(=O)O)CC[C@H](c2nc(-c3ccc(C(C)(O)c4cccc(C(F)F)c4)cc3)c3c(N)ncc(Cl)n23)C1. The molecule has 1 aliphatic carbocycles. The fourth-order valence-electron chi connectivity index (χ4n) is 5.96. The van der Waals surface area contributed by atoms with E-state index in [0.717, 1.165) is 0 Å². The number of aromatic nitrogens is 3. The Morgan fingerprint density at radius 1 is 1.20 bits per heavy atom. The molecule has 0 bridgehead atoms. The first-order chi connectivity index (χ1) is 18.9. The van der Waals surface area contributed by atoms with Crippen molar-refractivity contribution in [2.24, 2.45) is 11.3 Å². The smallest absolute Gasteiger partial charge is 0.309 e. The van der Waals surface area contributed by atoms with Gasteiger partial charge in [0.1, 0.15) is 33.6 Å². The molecule has 7 nitrogen and oxygen atoms in total. The first-order valence-corrected chi connectivity index (χ1v) is 13.5. The van der Waals surface area contributed by atoms with Gasteiger partial charge >= 0.3 is 5.97 Å². The molecule has 0 radical (unpaired) electrons. The molecule has 3 atom stereocenters. The van der Waals surface area contributed by atoms with E-state index in [0.29, 0.717) is 58.1 Å². The largest absolute Gasteiger partial charge is 0.481 e. The molecule has 1 saturated carbocycles. The van der Waals surface area contributed by atoms with E-state index in [4.69, 9.17) is 22.3 Å². The summed E-state index contributed by atoms with van der Waals surface area (Å²) in [5.41, 5.74) is 6.37. The molecule has 0 saturated heterocycles. The Morgan fingerprint density at radius 2 is 1.90 bits per heavy atom. The number of nitrogen functional groups attached to an aromatic ring is 1. The first kappa shape index (κ1) is 28.0. The molecule has 210 valence electrons. The number of benzene rings is 2. The molecule has 1 aliphatic rings. The van der Waals surface area contributed by atoms with Gasteiger partial charge in [-0.2, -0.15) is 0 Å². The van der Waals surface area contributed by atoms with Gasteiger partial charge in [0.2, 0.25) is 0 Å². The first-order valence-electron chi connectivity index (χ1n) is 13.1. The summed E-state index contributed by atoms with van der Waals surface area (Å²) in [5, 5.41) is 21.7. The Kier molecular flexibility index (Phi) is 7.08. The predicted molar refractivity (Wildman–Crippen MR) is 149 cm³/mol. The summed E-state index contributed by atoms with van der Waals surface area (Å²) in [6.45, 7) is 5.42. The van der Waals surface area contributed by atoms with Gasteiger partial charge in [-0.3, -0.25) is 9.20 Å². The van der Waals surface area contributed by atoms with Crippen LogP contribution in [0.25, 0.3) is 16.8 Å². The maximum atomic E-state index is 13.3. The minimum absolute atomic E-state index is 0.0513. The zero-order valence-corrected chi connectivity index (χ0v) is 23.2. The van der Waals surface area contributed by atoms with Crippen molar-refractivity contribution in [1.82, 2.24) is 14.4 Å². The fraction of sp³-hybridized carbons (Fsp3) is 0.367. The zero-order valence-electron chi connectivity index (χ0n) is 22.4. The molecule has 0 aliphatic heterocycles. The topological polar surface area (TPSA) is 114 Å². The molecule has 4 aromatic rings. The van der Waals surface area contributed by atoms with Gasteiger partial charge in [0, 0.05) is 17.0 Å². The van der Waals surface area contributed by atoms with E-state index in [2.05, 4.69) is 4.98 Å². The van der Waals surface area contributed by atoms with Crippen molar-refractivity contribution < 1.29 is 23.8 Å². The summed E-state index contributed by atoms with van der Waals surface area (Å²) < 4.78 is 28.3. The third kappa shape index (κ3) is 4.51. The lowest BCUT2D eigenvalue weighted by molar-refractivity contribution is -0.151. The number of hydrogen-bond donors (Lipinski definition) is 3. The number of aliphatic hydroxyl groups is 1. The van der Waals surface area contributed by atoms with Gasteiger partial charge in [-0.15, -0.1) is 0 Å². The molecule has 2 aromatic heterocycles. The number of hydrogen-bond acceptors (Lipinski definition) is 5. The predicted octanol–water partition coefficient (Wildman–Crippen LogP) is 6.82. The molecule has 2 aromatic carbocycles. The number of alkyl halides is 2. The van der Waals surface area contributed by atoms with Gasteiger partial charge in [0.15, 0.2) is 0 Å². The summed E-state index contributed by atoms with van der Waals surface area (Å²) >= 11 is 6.60. The van der Waals surface area contributed by atoms with Gasteiger partial charge < -0.3 is 15.9 Å². The van der Waals surface area contributed by atoms with Gasteiger partial charge in [0.05, 0.1) is 11.6 Å². The van der Waals surface area contributed by atoms with E-state index in [9.17, 15) is 23.8 Å². The molecule has 10 heteroatoms. The van der Waals surface area contributed by atoms with Crippen LogP contribution in [0.3, 0.4) is 0 Å². The van der Waals surface area contributed by atoms with Crippen molar-refractivity contribution in [2.45, 2.75) is 58.0 Å². The number of aliphatic carboxylic acids is 1. The second kappa shape index (κ2) is 10.1. The van der Waals surface area contributed by atoms with Crippen LogP contribution in [0.4, 0.5) is 14.6 Å². The van der Waals surface area contributed by atoms with Crippen LogP contribution in [0.1, 0.15) is 74.9 Å². The zero-order chi connectivity index (χ0) is 29.0. The quantitative estimate of drug-likeness (QED) is 0.225. The molecular formula is C30H31ClF2N4O3. The summed E-state index contributed by atoms with van der Waals surface area (Å²) in [6.07, 6.45) is 0.406. The van der Waals surface area contributed by atoms with Gasteiger partial charge in [0.25, 0.3) is 6.43 Å². The number of rotatable bonds is 7. The van der Waals surface area contributed by atoms with Crippen LogP contribution in [-0.2, 0) is 10.4 Å². The summed E-state index contributed by atoms with van der Waals surface area (Å²) in [5.74, 6) is -0.150. The lowest BCUT2D eigenvalue weighted by atomic mass is 9.75. The molecule has 5 rings (SSSR count). The van der Waals surface area contributed by atoms with E-state index in [1.54, 1.807) is 41.7 Å². The normalized spacial score (nSPS) is 20.9. The van der Waals surface area contributed by atoms with E-state index in [-0.39, 0.29) is 23.2 Å². The van der Waals surface area contributed by atoms with Crippen molar-refractivity contribution in [1.29, 1.82) is 0 Å². The number of fused-ring (bicyclic) bond motifs is 1. The number of halogens is 3. The lowest BCUT2D eigenvalue weighted by Crippen LogP contribution is -2.33. The molecule has 1 unspecified atom stereocenters. The van der Waals surface area contributed by atoms with Gasteiger partial charge in [-0.1, -0.05) is 67.9 Å². The number of anilines is 1. The average molecular weight is 569 g/mol. The van der Waals surface area contributed by atoms with E-state index < -0.39 is 23.4 Å². The van der Waals surface area contributed by atoms with Crippen LogP contribution < -0.4 is 5.73 Å². The minimum atomic E-state index is -2.64. The summed E-state index contributed by atoms with van der Waals surface area (Å²) in [6, 6.07) is 12.7. The van der Waals surface area contributed by atoms with Crippen LogP contribution >= 0.6 is 11.6 Å². The highest BCUT2D eigenvalue weighted by molar-refractivity contribution is 6.30. The summed E-state index contributed by atoms with van der Waals surface area (Å²) in [4.78, 5) is 21.5. The second-order valence-electron chi connectivity index (χ2n) is 11.1. The van der Waals surface area contributed by atoms with E-state index >= 15 is 0 Å². The highest BCUT2D eigenvalue weighted by atomic mass is 35.5. The third-order valence-corrected chi connectivity index (χ3v) is 8.80. The molecule has 0 spiro atoms. The van der Waals surface area contributed by atoms with Crippen molar-refractivity contribution in [2.75, 3.05) is 5.73 Å². The van der Waals surface area contributed by atoms with E-state index in [1.807, 2.05) is 13.8 Å². The van der Waals surface area contributed by atoms with Crippen LogP contribution in [0.15, 0.2) is 54.7 Å². The van der Waals surface area contributed by atoms with Crippen LogP contribution in [0, 0.1) is 11.3 Å². The van der Waals surface area contributed by atoms with E-state index in [1.165, 1.54) is 24.4 Å². The molecule has 40 heavy (non-hydrogen) atoms. The number of carboxylic acid groups (broad SMARTS) is 1. The number of nitrogens with zero attached hydrogens (tertiary/aromatic N) is 3. The maximum absolute atomic E-state index is 13.3. The lowest BCUT2D eigenvalue weighted by Gasteiger charge is -2.28. The number of carboxylic acids is 1. The monoisotopic (exact) mass is 568 g/mol. The second-order valence-corrected chi connectivity index (χ2v) is 11.5. The van der Waals surface area contributed by atoms with Gasteiger partial charge in [-0.05, 0) is 49.3 Å². The standard InChI is InChI=1S/C30H31ClF2N4O3/c1-16(2)30(28(38)39)12-11-19(14-30)27-36-23(24-26(34)35-15-22(31)37(24)27)17-7-9-20(10-8-17)29(3,40)21-6-4-5-18(13-21)25(32)33/h4-10,13,15-16,19,25,40H,11-12,14H2,1-3H3,(H2,34,35)(H,38,39)/t19-,29?,30+/m0/s1. The molecular weight excluding hydrogens is 538 g/mol. The van der Waals surface area contributed by atoms with Crippen LogP contribution in [0.5, 0.6) is 0 Å². The van der Waals surface area contributed by atoms with Crippen molar-refractivity contribution >= 4 is 28.9 Å². The Labute approximate surface area is 235 Å². The Bertz CT molecular complexity index is 1590. The van der Waals surface area contributed by atoms with Crippen LogP contribution in [-0.4, -0.2) is 30.6 Å². The van der Waals surface area contributed by atoms with Crippen molar-refractivity contribution in [3.8, 4) is 11.3 Å². The molecule has 4 N–H and O–H groups in total. The number of carbonyl (C=O) groups is 1. The van der Waals surface area contributed by atoms with Crippen molar-refractivity contribution in [3.63, 3.8) is 0 Å². The average Bonchev–Trinajstić information content (AvgIpc) is 3.55. The number of imidazole rings is 1. The highest BCUT2D eigenvalue weighted by Gasteiger charge is 2.49. The Balaban J connectivity index is 1.57. The maximum Gasteiger partial charge on any atom is 0.309 e. The van der Waals surface area contributed by atoms with Crippen molar-refractivity contribution in [3.05, 3.63) is 82.4 Å². The molecule has 0 amide bonds.